The fraction of sp³-hybridized carbons (Fsp3) is 0.438. The molecule has 7 heteroatoms. The van der Waals surface area contributed by atoms with Crippen molar-refractivity contribution in [1.29, 1.82) is 0 Å². The zero-order valence-corrected chi connectivity index (χ0v) is 14.2. The molecule has 124 valence electrons. The van der Waals surface area contributed by atoms with Crippen LogP contribution in [0.25, 0.3) is 10.8 Å². The minimum absolute atomic E-state index is 0.0934. The topological polar surface area (TPSA) is 83.6 Å². The van der Waals surface area contributed by atoms with Gasteiger partial charge in [-0.15, -0.1) is 11.3 Å². The smallest absolute Gasteiger partial charge is 0.323 e. The number of carboxylic acids is 1. The van der Waals surface area contributed by atoms with Gasteiger partial charge in [-0.05, 0) is 25.0 Å². The van der Waals surface area contributed by atoms with Crippen molar-refractivity contribution in [3.8, 4) is 10.8 Å². The number of carboxylic acid groups (broad SMARTS) is 1. The average Bonchev–Trinajstić information content (AvgIpc) is 3.05. The zero-order valence-electron chi connectivity index (χ0n) is 13.4. The third kappa shape index (κ3) is 4.92. The summed E-state index contributed by atoms with van der Waals surface area (Å²) in [6, 6.07) is 3.70. The van der Waals surface area contributed by atoms with Crippen LogP contribution in [0.5, 0.6) is 0 Å². The van der Waals surface area contributed by atoms with Crippen molar-refractivity contribution in [2.75, 3.05) is 13.1 Å². The first-order chi connectivity index (χ1) is 10.8. The summed E-state index contributed by atoms with van der Waals surface area (Å²) in [7, 11) is 0. The highest BCUT2D eigenvalue weighted by atomic mass is 32.1. The summed E-state index contributed by atoms with van der Waals surface area (Å²) in [6.45, 7) is 5.88. The summed E-state index contributed by atoms with van der Waals surface area (Å²) < 4.78 is 5.52. The van der Waals surface area contributed by atoms with Crippen molar-refractivity contribution in [3.05, 3.63) is 29.0 Å². The number of furan rings is 1. The summed E-state index contributed by atoms with van der Waals surface area (Å²) >= 11 is 1.41. The van der Waals surface area contributed by atoms with E-state index in [0.717, 1.165) is 10.8 Å². The van der Waals surface area contributed by atoms with Gasteiger partial charge < -0.3 is 14.4 Å². The summed E-state index contributed by atoms with van der Waals surface area (Å²) in [4.78, 5) is 29.0. The van der Waals surface area contributed by atoms with Gasteiger partial charge in [-0.25, -0.2) is 4.98 Å². The number of hydrogen-bond acceptors (Lipinski definition) is 5. The Hall–Kier alpha value is -2.15. The molecule has 0 saturated heterocycles. The molecule has 2 heterocycles. The first-order valence-corrected chi connectivity index (χ1v) is 8.24. The SMILES string of the molecule is Cc1ccc(-c2nc(CC(=O)N(CC(=O)O)CC(C)C)cs2)o1. The Bertz CT molecular complexity index is 690. The predicted octanol–water partition coefficient (Wildman–Crippen LogP) is 2.82. The molecule has 23 heavy (non-hydrogen) atoms. The molecular formula is C16H20N2O4S. The lowest BCUT2D eigenvalue weighted by Crippen LogP contribution is -2.39. The van der Waals surface area contributed by atoms with Crippen LogP contribution in [0.4, 0.5) is 0 Å². The number of aryl methyl sites for hydroxylation is 1. The molecule has 0 spiro atoms. The van der Waals surface area contributed by atoms with Crippen LogP contribution < -0.4 is 0 Å². The highest BCUT2D eigenvalue weighted by molar-refractivity contribution is 7.13. The van der Waals surface area contributed by atoms with Crippen molar-refractivity contribution in [1.82, 2.24) is 9.88 Å². The second-order valence-electron chi connectivity index (χ2n) is 5.79. The Kier molecular flexibility index (Phi) is 5.54. The van der Waals surface area contributed by atoms with Crippen molar-refractivity contribution in [3.63, 3.8) is 0 Å². The lowest BCUT2D eigenvalue weighted by Gasteiger charge is -2.22. The van der Waals surface area contributed by atoms with E-state index >= 15 is 0 Å². The molecule has 0 radical (unpaired) electrons. The van der Waals surface area contributed by atoms with Gasteiger partial charge in [-0.2, -0.15) is 0 Å². The van der Waals surface area contributed by atoms with Crippen LogP contribution in [0.15, 0.2) is 21.9 Å². The van der Waals surface area contributed by atoms with Crippen LogP contribution in [0.3, 0.4) is 0 Å². The summed E-state index contributed by atoms with van der Waals surface area (Å²) in [5, 5.41) is 11.5. The maximum Gasteiger partial charge on any atom is 0.323 e. The van der Waals surface area contributed by atoms with E-state index in [0.29, 0.717) is 18.0 Å². The Balaban J connectivity index is 2.06. The standard InChI is InChI=1S/C16H20N2O4S/c1-10(2)7-18(8-15(20)21)14(19)6-12-9-23-16(17-12)13-5-4-11(3)22-13/h4-5,9-10H,6-8H2,1-3H3,(H,20,21). The molecule has 0 unspecified atom stereocenters. The van der Waals surface area contributed by atoms with Gasteiger partial charge in [0.05, 0.1) is 12.1 Å². The third-order valence-electron chi connectivity index (χ3n) is 3.10. The summed E-state index contributed by atoms with van der Waals surface area (Å²) in [5.41, 5.74) is 0.628. The highest BCUT2D eigenvalue weighted by Gasteiger charge is 2.19. The van der Waals surface area contributed by atoms with E-state index in [1.165, 1.54) is 16.2 Å². The third-order valence-corrected chi connectivity index (χ3v) is 4.01. The molecule has 2 rings (SSSR count). The van der Waals surface area contributed by atoms with Gasteiger partial charge in [-0.1, -0.05) is 13.8 Å². The largest absolute Gasteiger partial charge is 0.480 e. The van der Waals surface area contributed by atoms with Gasteiger partial charge in [0.25, 0.3) is 0 Å². The Morgan fingerprint density at radius 1 is 1.39 bits per heavy atom. The molecule has 0 fully saturated rings. The maximum absolute atomic E-state index is 12.3. The van der Waals surface area contributed by atoms with Crippen LogP contribution in [0.2, 0.25) is 0 Å². The Morgan fingerprint density at radius 3 is 2.70 bits per heavy atom. The van der Waals surface area contributed by atoms with E-state index in [1.54, 1.807) is 5.38 Å². The molecular weight excluding hydrogens is 316 g/mol. The molecule has 0 aliphatic carbocycles. The number of nitrogens with zero attached hydrogens (tertiary/aromatic N) is 2. The van der Waals surface area contributed by atoms with E-state index in [4.69, 9.17) is 9.52 Å². The highest BCUT2D eigenvalue weighted by Crippen LogP contribution is 2.25. The second kappa shape index (κ2) is 7.41. The fourth-order valence-corrected chi connectivity index (χ4v) is 2.96. The van der Waals surface area contributed by atoms with Crippen molar-refractivity contribution in [2.45, 2.75) is 27.2 Å². The number of rotatable bonds is 7. The van der Waals surface area contributed by atoms with E-state index in [1.807, 2.05) is 32.9 Å². The number of hydrogen-bond donors (Lipinski definition) is 1. The average molecular weight is 336 g/mol. The quantitative estimate of drug-likeness (QED) is 0.840. The van der Waals surface area contributed by atoms with E-state index in [9.17, 15) is 9.59 Å². The second-order valence-corrected chi connectivity index (χ2v) is 6.65. The van der Waals surface area contributed by atoms with E-state index in [-0.39, 0.29) is 24.8 Å². The zero-order chi connectivity index (χ0) is 17.0. The van der Waals surface area contributed by atoms with Crippen LogP contribution in [0.1, 0.15) is 25.3 Å². The molecule has 0 aliphatic rings. The molecule has 1 amide bonds. The molecule has 0 aliphatic heterocycles. The summed E-state index contributed by atoms with van der Waals surface area (Å²) in [5.74, 6) is 0.446. The predicted molar refractivity (Wildman–Crippen MR) is 87.3 cm³/mol. The molecule has 0 atom stereocenters. The first kappa shape index (κ1) is 17.2. The number of thiazole rings is 1. The minimum Gasteiger partial charge on any atom is -0.480 e. The van der Waals surface area contributed by atoms with Gasteiger partial charge >= 0.3 is 5.97 Å². The molecule has 0 aromatic carbocycles. The van der Waals surface area contributed by atoms with Gasteiger partial charge in [-0.3, -0.25) is 9.59 Å². The van der Waals surface area contributed by atoms with E-state index in [2.05, 4.69) is 4.98 Å². The number of amides is 1. The fourth-order valence-electron chi connectivity index (χ4n) is 2.18. The number of aliphatic carboxylic acids is 1. The van der Waals surface area contributed by atoms with Gasteiger partial charge in [0.1, 0.15) is 12.3 Å². The van der Waals surface area contributed by atoms with Crippen LogP contribution in [-0.2, 0) is 16.0 Å². The minimum atomic E-state index is -1.01. The van der Waals surface area contributed by atoms with Crippen molar-refractivity contribution >= 4 is 23.2 Å². The maximum atomic E-state index is 12.3. The number of carbonyl (C=O) groups excluding carboxylic acids is 1. The van der Waals surface area contributed by atoms with Crippen molar-refractivity contribution in [2.24, 2.45) is 5.92 Å². The number of aromatic nitrogens is 1. The number of carbonyl (C=O) groups is 2. The van der Waals surface area contributed by atoms with Crippen LogP contribution in [-0.4, -0.2) is 40.0 Å². The molecule has 2 aromatic rings. The Morgan fingerprint density at radius 2 is 2.13 bits per heavy atom. The molecule has 0 bridgehead atoms. The monoisotopic (exact) mass is 336 g/mol. The van der Waals surface area contributed by atoms with Crippen LogP contribution in [0, 0.1) is 12.8 Å². The molecule has 6 nitrogen and oxygen atoms in total. The van der Waals surface area contributed by atoms with E-state index < -0.39 is 5.97 Å². The van der Waals surface area contributed by atoms with Crippen LogP contribution >= 0.6 is 11.3 Å². The molecule has 0 saturated carbocycles. The van der Waals surface area contributed by atoms with Gasteiger partial charge in [0.2, 0.25) is 5.91 Å². The molecule has 1 N–H and O–H groups in total. The summed E-state index contributed by atoms with van der Waals surface area (Å²) in [6.07, 6.45) is 0.0934. The molecule has 2 aromatic heterocycles. The van der Waals surface area contributed by atoms with Gasteiger partial charge in [0.15, 0.2) is 10.8 Å². The van der Waals surface area contributed by atoms with Crippen molar-refractivity contribution < 1.29 is 19.1 Å². The Labute approximate surface area is 138 Å². The normalized spacial score (nSPS) is 11.0. The first-order valence-electron chi connectivity index (χ1n) is 7.36. The van der Waals surface area contributed by atoms with Gasteiger partial charge in [0, 0.05) is 11.9 Å². The lowest BCUT2D eigenvalue weighted by atomic mass is 10.2. The lowest BCUT2D eigenvalue weighted by molar-refractivity contribution is -0.144.